The molecule has 3 aromatic carbocycles. The van der Waals surface area contributed by atoms with Gasteiger partial charge in [0, 0.05) is 29.8 Å². The van der Waals surface area contributed by atoms with Crippen molar-refractivity contribution in [3.8, 4) is 16.9 Å². The zero-order valence-corrected chi connectivity index (χ0v) is 20.6. The van der Waals surface area contributed by atoms with E-state index in [4.69, 9.17) is 4.74 Å². The largest absolute Gasteiger partial charge is 0.493 e. The first-order valence-corrected chi connectivity index (χ1v) is 12.8. The quantitative estimate of drug-likeness (QED) is 0.451. The first kappa shape index (κ1) is 23.4. The number of hydrogen-bond donors (Lipinski definition) is 1. The Bertz CT molecular complexity index is 1190. The highest BCUT2D eigenvalue weighted by Crippen LogP contribution is 2.31. The van der Waals surface area contributed by atoms with E-state index in [-0.39, 0.29) is 5.91 Å². The summed E-state index contributed by atoms with van der Waals surface area (Å²) in [6.07, 6.45) is 7.62. The standard InChI is InChI=1S/C31H34N2O2/c1-23-5-9-25(10-6-23)26-11-14-30-28(21-26)22-27(16-20-35-30)31(34)32-29-12-7-24(8-13-29)15-19-33-17-3-2-4-18-33/h5-14,21-22H,2-4,15-20H2,1H3,(H,32,34). The fourth-order valence-corrected chi connectivity index (χ4v) is 4.86. The number of likely N-dealkylation sites (tertiary alicyclic amines) is 1. The number of amides is 1. The fourth-order valence-electron chi connectivity index (χ4n) is 4.86. The fraction of sp³-hybridized carbons (Fsp3) is 0.323. The van der Waals surface area contributed by atoms with Crippen LogP contribution in [0.4, 0.5) is 5.69 Å². The number of benzene rings is 3. The Morgan fingerprint density at radius 2 is 1.66 bits per heavy atom. The van der Waals surface area contributed by atoms with E-state index in [0.717, 1.165) is 46.7 Å². The second-order valence-electron chi connectivity index (χ2n) is 9.69. The van der Waals surface area contributed by atoms with E-state index in [0.29, 0.717) is 13.0 Å². The minimum atomic E-state index is -0.0664. The molecule has 4 heteroatoms. The maximum Gasteiger partial charge on any atom is 0.251 e. The Morgan fingerprint density at radius 1 is 0.914 bits per heavy atom. The average molecular weight is 467 g/mol. The van der Waals surface area contributed by atoms with Crippen molar-refractivity contribution in [2.75, 3.05) is 31.6 Å². The SMILES string of the molecule is Cc1ccc(-c2ccc3c(c2)C=C(C(=O)Nc2ccc(CCN4CCCCC4)cc2)CCO3)cc1. The van der Waals surface area contributed by atoms with Gasteiger partial charge in [-0.2, -0.15) is 0 Å². The van der Waals surface area contributed by atoms with Crippen LogP contribution in [0, 0.1) is 6.92 Å². The smallest absolute Gasteiger partial charge is 0.251 e. The van der Waals surface area contributed by atoms with Crippen molar-refractivity contribution in [1.82, 2.24) is 4.90 Å². The highest BCUT2D eigenvalue weighted by Gasteiger charge is 2.17. The lowest BCUT2D eigenvalue weighted by molar-refractivity contribution is -0.113. The molecule has 0 unspecified atom stereocenters. The molecule has 1 amide bonds. The van der Waals surface area contributed by atoms with E-state index < -0.39 is 0 Å². The molecule has 2 aliphatic rings. The lowest BCUT2D eigenvalue weighted by atomic mass is 10.00. The van der Waals surface area contributed by atoms with E-state index in [1.165, 1.54) is 43.5 Å². The Morgan fingerprint density at radius 3 is 2.43 bits per heavy atom. The van der Waals surface area contributed by atoms with Crippen molar-refractivity contribution in [1.29, 1.82) is 0 Å². The molecule has 35 heavy (non-hydrogen) atoms. The normalized spacial score (nSPS) is 16.0. The van der Waals surface area contributed by atoms with Crippen LogP contribution in [0.5, 0.6) is 5.75 Å². The van der Waals surface area contributed by atoms with E-state index in [2.05, 4.69) is 65.7 Å². The third-order valence-electron chi connectivity index (χ3n) is 7.02. The van der Waals surface area contributed by atoms with Crippen molar-refractivity contribution in [2.24, 2.45) is 0 Å². The van der Waals surface area contributed by atoms with Crippen LogP contribution < -0.4 is 10.1 Å². The van der Waals surface area contributed by atoms with E-state index >= 15 is 0 Å². The number of ether oxygens (including phenoxy) is 1. The second kappa shape index (κ2) is 10.9. The van der Waals surface area contributed by atoms with E-state index in [1.54, 1.807) is 0 Å². The summed E-state index contributed by atoms with van der Waals surface area (Å²) in [5.41, 5.74) is 7.33. The third-order valence-corrected chi connectivity index (χ3v) is 7.02. The molecule has 1 fully saturated rings. The Hall–Kier alpha value is -3.37. The van der Waals surface area contributed by atoms with Gasteiger partial charge in [-0.3, -0.25) is 4.79 Å². The van der Waals surface area contributed by atoms with Crippen LogP contribution in [-0.4, -0.2) is 37.0 Å². The molecular formula is C31H34N2O2. The first-order chi connectivity index (χ1) is 17.1. The van der Waals surface area contributed by atoms with Crippen molar-refractivity contribution in [2.45, 2.75) is 39.0 Å². The van der Waals surface area contributed by atoms with Crippen LogP contribution in [0.2, 0.25) is 0 Å². The first-order valence-electron chi connectivity index (χ1n) is 12.8. The van der Waals surface area contributed by atoms with Gasteiger partial charge < -0.3 is 15.0 Å². The summed E-state index contributed by atoms with van der Waals surface area (Å²) < 4.78 is 5.95. The molecular weight excluding hydrogens is 432 g/mol. The number of piperidine rings is 1. The monoisotopic (exact) mass is 466 g/mol. The number of hydrogen-bond acceptors (Lipinski definition) is 3. The molecule has 0 saturated carbocycles. The van der Waals surface area contributed by atoms with Gasteiger partial charge in [0.1, 0.15) is 5.75 Å². The van der Waals surface area contributed by atoms with Gasteiger partial charge in [-0.1, -0.05) is 54.4 Å². The van der Waals surface area contributed by atoms with Crippen molar-refractivity contribution < 1.29 is 9.53 Å². The predicted molar refractivity (Wildman–Crippen MR) is 144 cm³/mol. The van der Waals surface area contributed by atoms with Crippen LogP contribution in [0.1, 0.15) is 42.4 Å². The van der Waals surface area contributed by atoms with Crippen LogP contribution in [-0.2, 0) is 11.2 Å². The van der Waals surface area contributed by atoms with Gasteiger partial charge in [-0.25, -0.2) is 0 Å². The Labute approximate surface area is 208 Å². The Kier molecular flexibility index (Phi) is 7.29. The van der Waals surface area contributed by atoms with Crippen molar-refractivity contribution in [3.63, 3.8) is 0 Å². The summed E-state index contributed by atoms with van der Waals surface area (Å²) in [6.45, 7) is 6.14. The maximum absolute atomic E-state index is 13.1. The molecule has 1 saturated heterocycles. The van der Waals surface area contributed by atoms with Crippen LogP contribution in [0.15, 0.2) is 72.3 Å². The molecule has 0 aromatic heterocycles. The molecule has 0 atom stereocenters. The van der Waals surface area contributed by atoms with Gasteiger partial charge in [0.25, 0.3) is 5.91 Å². The molecule has 0 bridgehead atoms. The average Bonchev–Trinajstić information content (AvgIpc) is 3.11. The number of nitrogens with one attached hydrogen (secondary N) is 1. The highest BCUT2D eigenvalue weighted by molar-refractivity contribution is 6.07. The number of fused-ring (bicyclic) bond motifs is 1. The summed E-state index contributed by atoms with van der Waals surface area (Å²) >= 11 is 0. The maximum atomic E-state index is 13.1. The topological polar surface area (TPSA) is 41.6 Å². The van der Waals surface area contributed by atoms with Gasteiger partial charge in [0.15, 0.2) is 0 Å². The molecule has 5 rings (SSSR count). The van der Waals surface area contributed by atoms with Gasteiger partial charge in [-0.05, 0) is 86.3 Å². The second-order valence-corrected chi connectivity index (χ2v) is 9.69. The van der Waals surface area contributed by atoms with Gasteiger partial charge >= 0.3 is 0 Å². The van der Waals surface area contributed by atoms with Crippen LogP contribution in [0.3, 0.4) is 0 Å². The number of aryl methyl sites for hydroxylation is 1. The van der Waals surface area contributed by atoms with Gasteiger partial charge in [0.05, 0.1) is 6.61 Å². The molecule has 2 heterocycles. The predicted octanol–water partition coefficient (Wildman–Crippen LogP) is 6.50. The van der Waals surface area contributed by atoms with Gasteiger partial charge in [0.2, 0.25) is 0 Å². The molecule has 4 nitrogen and oxygen atoms in total. The molecule has 1 N–H and O–H groups in total. The Balaban J connectivity index is 1.25. The number of rotatable bonds is 6. The molecule has 180 valence electrons. The number of carbonyl (C=O) groups is 1. The third kappa shape index (κ3) is 6.01. The summed E-state index contributed by atoms with van der Waals surface area (Å²) in [5.74, 6) is 0.755. The van der Waals surface area contributed by atoms with Crippen LogP contribution >= 0.6 is 0 Å². The zero-order valence-electron chi connectivity index (χ0n) is 20.6. The van der Waals surface area contributed by atoms with Crippen molar-refractivity contribution >= 4 is 17.7 Å². The van der Waals surface area contributed by atoms with E-state index in [1.807, 2.05) is 24.3 Å². The molecule has 0 aliphatic carbocycles. The lowest BCUT2D eigenvalue weighted by Crippen LogP contribution is -2.31. The number of anilines is 1. The van der Waals surface area contributed by atoms with Crippen molar-refractivity contribution in [3.05, 3.63) is 89.0 Å². The summed E-state index contributed by atoms with van der Waals surface area (Å²) in [6, 6.07) is 23.0. The highest BCUT2D eigenvalue weighted by atomic mass is 16.5. The minimum Gasteiger partial charge on any atom is -0.493 e. The number of nitrogens with zero attached hydrogens (tertiary/aromatic N) is 1. The van der Waals surface area contributed by atoms with Gasteiger partial charge in [-0.15, -0.1) is 0 Å². The zero-order chi connectivity index (χ0) is 24.0. The number of carbonyl (C=O) groups excluding carboxylic acids is 1. The molecule has 0 spiro atoms. The summed E-state index contributed by atoms with van der Waals surface area (Å²) in [4.78, 5) is 15.7. The molecule has 2 aliphatic heterocycles. The van der Waals surface area contributed by atoms with E-state index in [9.17, 15) is 4.79 Å². The minimum absolute atomic E-state index is 0.0664. The molecule has 3 aromatic rings. The molecule has 0 radical (unpaired) electrons. The lowest BCUT2D eigenvalue weighted by Gasteiger charge is -2.26. The van der Waals surface area contributed by atoms with Crippen LogP contribution in [0.25, 0.3) is 17.2 Å². The summed E-state index contributed by atoms with van der Waals surface area (Å²) in [5, 5.41) is 3.08. The summed E-state index contributed by atoms with van der Waals surface area (Å²) in [7, 11) is 0.